The number of rotatable bonds is 5. The number of anilines is 3. The summed E-state index contributed by atoms with van der Waals surface area (Å²) in [6, 6.07) is 33.9. The normalized spacial score (nSPS) is 11.0. The third kappa shape index (κ3) is 3.76. The van der Waals surface area contributed by atoms with Gasteiger partial charge in [0, 0.05) is 22.6 Å². The first kappa shape index (κ1) is 21.8. The molecule has 4 aromatic carbocycles. The van der Waals surface area contributed by atoms with Crippen molar-refractivity contribution in [2.24, 2.45) is 0 Å². The minimum absolute atomic E-state index is 0.105. The average Bonchev–Trinajstić information content (AvgIpc) is 3.24. The van der Waals surface area contributed by atoms with E-state index in [0.29, 0.717) is 5.57 Å². The summed E-state index contributed by atoms with van der Waals surface area (Å²) in [5.74, 6) is 1.54. The first-order valence-corrected chi connectivity index (χ1v) is 11.1. The van der Waals surface area contributed by atoms with E-state index in [4.69, 9.17) is 9.47 Å². The molecule has 5 rings (SSSR count). The predicted octanol–water partition coefficient (Wildman–Crippen LogP) is 7.00. The Morgan fingerprint density at radius 1 is 0.600 bits per heavy atom. The van der Waals surface area contributed by atoms with Crippen LogP contribution in [-0.4, -0.2) is 14.2 Å². The van der Waals surface area contributed by atoms with Gasteiger partial charge in [0.25, 0.3) is 0 Å². The highest BCUT2D eigenvalue weighted by molar-refractivity contribution is 6.05. The van der Waals surface area contributed by atoms with Gasteiger partial charge >= 0.3 is 0 Å². The highest BCUT2D eigenvalue weighted by atomic mass is 16.5. The fraction of sp³-hybridized carbons (Fsp3) is 0.0667. The van der Waals surface area contributed by atoms with E-state index in [-0.39, 0.29) is 5.57 Å². The van der Waals surface area contributed by atoms with Crippen LogP contribution in [-0.2, 0) is 0 Å². The summed E-state index contributed by atoms with van der Waals surface area (Å²) < 4.78 is 10.7. The summed E-state index contributed by atoms with van der Waals surface area (Å²) in [7, 11) is 3.29. The molecule has 0 spiro atoms. The van der Waals surface area contributed by atoms with Crippen LogP contribution in [0, 0.1) is 22.7 Å². The van der Waals surface area contributed by atoms with Crippen molar-refractivity contribution in [1.82, 2.24) is 0 Å². The maximum Gasteiger partial charge on any atom is 0.138 e. The van der Waals surface area contributed by atoms with Gasteiger partial charge in [0.15, 0.2) is 0 Å². The van der Waals surface area contributed by atoms with Crippen LogP contribution in [0.3, 0.4) is 0 Å². The standard InChI is InChI=1S/C30H21N3O2/c1-34-24-12-7-21(8-13-24)33(22-9-14-25(35-2)15-10-22)23-11-16-27-26-5-3-4-6-28(26)30(29(27)17-23)20(18-31)19-32/h3-17H,1-2H3. The van der Waals surface area contributed by atoms with Crippen molar-refractivity contribution >= 4 is 22.6 Å². The Hall–Kier alpha value is -5.00. The van der Waals surface area contributed by atoms with E-state index in [1.165, 1.54) is 0 Å². The van der Waals surface area contributed by atoms with Crippen molar-refractivity contribution in [2.75, 3.05) is 19.1 Å². The second-order valence-corrected chi connectivity index (χ2v) is 7.98. The molecule has 35 heavy (non-hydrogen) atoms. The first-order valence-electron chi connectivity index (χ1n) is 11.1. The number of nitriles is 2. The Bertz CT molecular complexity index is 1460. The van der Waals surface area contributed by atoms with Gasteiger partial charge < -0.3 is 14.4 Å². The number of methoxy groups -OCH3 is 2. The minimum atomic E-state index is 0.105. The van der Waals surface area contributed by atoms with Crippen molar-refractivity contribution < 1.29 is 9.47 Å². The van der Waals surface area contributed by atoms with Gasteiger partial charge in [-0.05, 0) is 82.9 Å². The molecule has 0 N–H and O–H groups in total. The summed E-state index contributed by atoms with van der Waals surface area (Å²) in [6.07, 6.45) is 0. The summed E-state index contributed by atoms with van der Waals surface area (Å²) in [5.41, 5.74) is 7.36. The maximum atomic E-state index is 9.71. The molecule has 0 fully saturated rings. The molecule has 5 nitrogen and oxygen atoms in total. The highest BCUT2D eigenvalue weighted by Crippen LogP contribution is 2.48. The van der Waals surface area contributed by atoms with Crippen LogP contribution in [0.4, 0.5) is 17.1 Å². The zero-order valence-electron chi connectivity index (χ0n) is 19.3. The molecule has 0 atom stereocenters. The Labute approximate surface area is 204 Å². The van der Waals surface area contributed by atoms with Gasteiger partial charge in [-0.2, -0.15) is 10.5 Å². The molecule has 0 aromatic heterocycles. The van der Waals surface area contributed by atoms with Crippen molar-refractivity contribution in [3.63, 3.8) is 0 Å². The van der Waals surface area contributed by atoms with Crippen LogP contribution < -0.4 is 14.4 Å². The van der Waals surface area contributed by atoms with Crippen LogP contribution in [0.5, 0.6) is 11.5 Å². The molecule has 4 aromatic rings. The van der Waals surface area contributed by atoms with E-state index in [0.717, 1.165) is 50.8 Å². The third-order valence-electron chi connectivity index (χ3n) is 6.15. The zero-order chi connectivity index (χ0) is 24.4. The van der Waals surface area contributed by atoms with E-state index in [2.05, 4.69) is 29.2 Å². The quantitative estimate of drug-likeness (QED) is 0.267. The van der Waals surface area contributed by atoms with E-state index in [1.54, 1.807) is 14.2 Å². The lowest BCUT2D eigenvalue weighted by Gasteiger charge is -2.26. The molecule has 0 radical (unpaired) electrons. The van der Waals surface area contributed by atoms with Crippen LogP contribution in [0.2, 0.25) is 0 Å². The van der Waals surface area contributed by atoms with Crippen molar-refractivity contribution in [1.29, 1.82) is 10.5 Å². The summed E-state index contributed by atoms with van der Waals surface area (Å²) >= 11 is 0. The number of nitrogens with zero attached hydrogens (tertiary/aromatic N) is 3. The molecular weight excluding hydrogens is 434 g/mol. The molecule has 0 aliphatic heterocycles. The number of hydrogen-bond donors (Lipinski definition) is 0. The molecule has 0 bridgehead atoms. The van der Waals surface area contributed by atoms with E-state index in [9.17, 15) is 10.5 Å². The van der Waals surface area contributed by atoms with E-state index < -0.39 is 0 Å². The lowest BCUT2D eigenvalue weighted by molar-refractivity contribution is 0.415. The van der Waals surface area contributed by atoms with Crippen molar-refractivity contribution in [3.8, 4) is 34.8 Å². The van der Waals surface area contributed by atoms with Gasteiger partial charge in [0.2, 0.25) is 0 Å². The Morgan fingerprint density at radius 2 is 1.09 bits per heavy atom. The topological polar surface area (TPSA) is 69.3 Å². The molecular formula is C30H21N3O2. The Balaban J connectivity index is 1.72. The Morgan fingerprint density at radius 3 is 1.60 bits per heavy atom. The lowest BCUT2D eigenvalue weighted by Crippen LogP contribution is -2.10. The molecule has 5 heteroatoms. The zero-order valence-corrected chi connectivity index (χ0v) is 19.3. The molecule has 168 valence electrons. The molecule has 1 aliphatic rings. The molecule has 1 aliphatic carbocycles. The largest absolute Gasteiger partial charge is 0.497 e. The fourth-order valence-electron chi connectivity index (χ4n) is 4.51. The van der Waals surface area contributed by atoms with Gasteiger partial charge in [-0.3, -0.25) is 0 Å². The molecule has 0 heterocycles. The fourth-order valence-corrected chi connectivity index (χ4v) is 4.51. The number of ether oxygens (including phenoxy) is 2. The predicted molar refractivity (Wildman–Crippen MR) is 137 cm³/mol. The van der Waals surface area contributed by atoms with Gasteiger partial charge in [-0.1, -0.05) is 30.3 Å². The van der Waals surface area contributed by atoms with E-state index in [1.807, 2.05) is 78.9 Å². The molecule has 0 saturated carbocycles. The number of allylic oxidation sites excluding steroid dienone is 1. The third-order valence-corrected chi connectivity index (χ3v) is 6.15. The van der Waals surface area contributed by atoms with Crippen LogP contribution in [0.1, 0.15) is 11.1 Å². The first-order chi connectivity index (χ1) is 17.2. The van der Waals surface area contributed by atoms with Crippen LogP contribution in [0.15, 0.2) is 96.6 Å². The van der Waals surface area contributed by atoms with Gasteiger partial charge in [-0.25, -0.2) is 0 Å². The van der Waals surface area contributed by atoms with Gasteiger partial charge in [0.1, 0.15) is 29.2 Å². The number of benzene rings is 4. The molecule has 0 saturated heterocycles. The Kier molecular flexibility index (Phi) is 5.67. The van der Waals surface area contributed by atoms with Crippen molar-refractivity contribution in [2.45, 2.75) is 0 Å². The number of fused-ring (bicyclic) bond motifs is 3. The SMILES string of the molecule is COc1ccc(N(c2ccc(OC)cc2)c2ccc3c(c2)C(=C(C#N)C#N)c2ccccc2-3)cc1. The van der Waals surface area contributed by atoms with E-state index >= 15 is 0 Å². The second kappa shape index (κ2) is 9.09. The highest BCUT2D eigenvalue weighted by Gasteiger charge is 2.27. The van der Waals surface area contributed by atoms with Crippen molar-refractivity contribution in [3.05, 3.63) is 108 Å². The smallest absolute Gasteiger partial charge is 0.138 e. The minimum Gasteiger partial charge on any atom is -0.497 e. The maximum absolute atomic E-state index is 9.71. The lowest BCUT2D eigenvalue weighted by atomic mass is 9.98. The molecule has 0 unspecified atom stereocenters. The summed E-state index contributed by atoms with van der Waals surface area (Å²) in [6.45, 7) is 0. The van der Waals surface area contributed by atoms with Crippen LogP contribution >= 0.6 is 0 Å². The molecule has 0 amide bonds. The second-order valence-electron chi connectivity index (χ2n) is 7.98. The average molecular weight is 456 g/mol. The monoisotopic (exact) mass is 455 g/mol. The van der Waals surface area contributed by atoms with Gasteiger partial charge in [0.05, 0.1) is 14.2 Å². The van der Waals surface area contributed by atoms with Gasteiger partial charge in [-0.15, -0.1) is 0 Å². The summed E-state index contributed by atoms with van der Waals surface area (Å²) in [5, 5.41) is 19.4. The number of hydrogen-bond acceptors (Lipinski definition) is 5. The summed E-state index contributed by atoms with van der Waals surface area (Å²) in [4.78, 5) is 2.12. The van der Waals surface area contributed by atoms with Crippen LogP contribution in [0.25, 0.3) is 16.7 Å².